The number of hydrogen-bond donors (Lipinski definition) is 2. The van der Waals surface area contributed by atoms with Crippen LogP contribution in [0.3, 0.4) is 0 Å². The summed E-state index contributed by atoms with van der Waals surface area (Å²) < 4.78 is 0. The van der Waals surface area contributed by atoms with Crippen LogP contribution in [0.2, 0.25) is 0 Å². The molecule has 1 saturated carbocycles. The van der Waals surface area contributed by atoms with Gasteiger partial charge in [-0.1, -0.05) is 20.8 Å². The van der Waals surface area contributed by atoms with Crippen LogP contribution in [0, 0.1) is 11.3 Å². The number of rotatable bonds is 3. The van der Waals surface area contributed by atoms with Gasteiger partial charge in [-0.3, -0.25) is 4.79 Å². The zero-order chi connectivity index (χ0) is 12.3. The first kappa shape index (κ1) is 13.5. The van der Waals surface area contributed by atoms with E-state index >= 15 is 0 Å². The molecule has 0 aromatic carbocycles. The second kappa shape index (κ2) is 5.17. The van der Waals surface area contributed by atoms with Crippen LogP contribution in [-0.4, -0.2) is 25.0 Å². The monoisotopic (exact) mass is 226 g/mol. The number of amides is 1. The Morgan fingerprint density at radius 3 is 2.56 bits per heavy atom. The minimum absolute atomic E-state index is 0.0806. The number of carbonyl (C=O) groups excluding carboxylic acids is 1. The van der Waals surface area contributed by atoms with Gasteiger partial charge in [-0.2, -0.15) is 0 Å². The highest BCUT2D eigenvalue weighted by molar-refractivity contribution is 5.80. The van der Waals surface area contributed by atoms with E-state index in [9.17, 15) is 4.79 Å². The van der Waals surface area contributed by atoms with Crippen LogP contribution >= 0.6 is 0 Å². The van der Waals surface area contributed by atoms with Gasteiger partial charge in [0.1, 0.15) is 0 Å². The molecule has 1 fully saturated rings. The number of carbonyl (C=O) groups is 1. The van der Waals surface area contributed by atoms with Crippen molar-refractivity contribution in [3.8, 4) is 0 Å². The topological polar surface area (TPSA) is 41.1 Å². The van der Waals surface area contributed by atoms with Crippen LogP contribution in [0.1, 0.15) is 47.0 Å². The van der Waals surface area contributed by atoms with Gasteiger partial charge in [-0.15, -0.1) is 0 Å². The summed E-state index contributed by atoms with van der Waals surface area (Å²) in [4.78, 5) is 11.4. The van der Waals surface area contributed by atoms with E-state index in [1.165, 1.54) is 19.3 Å². The standard InChI is InChI=1S/C13H26N2O/c1-9-8-13(3,4)7-6-11(9)15-10(2)12(16)14-5/h9-11,15H,6-8H2,1-5H3,(H,14,16)/t9?,10-,11?/m1/s1. The maximum atomic E-state index is 11.4. The number of nitrogens with one attached hydrogen (secondary N) is 2. The van der Waals surface area contributed by atoms with Crippen molar-refractivity contribution in [2.45, 2.75) is 59.0 Å². The zero-order valence-corrected chi connectivity index (χ0v) is 11.3. The molecule has 2 N–H and O–H groups in total. The van der Waals surface area contributed by atoms with Crippen LogP contribution < -0.4 is 10.6 Å². The highest BCUT2D eigenvalue weighted by Gasteiger charge is 2.33. The van der Waals surface area contributed by atoms with Crippen LogP contribution in [-0.2, 0) is 4.79 Å². The normalized spacial score (nSPS) is 30.8. The van der Waals surface area contributed by atoms with Gasteiger partial charge in [0.2, 0.25) is 5.91 Å². The molecule has 3 nitrogen and oxygen atoms in total. The Kier molecular flexibility index (Phi) is 4.36. The molecule has 0 spiro atoms. The maximum Gasteiger partial charge on any atom is 0.236 e. The molecule has 2 unspecified atom stereocenters. The third kappa shape index (κ3) is 3.48. The van der Waals surface area contributed by atoms with Crippen molar-refractivity contribution in [2.75, 3.05) is 7.05 Å². The van der Waals surface area contributed by atoms with Gasteiger partial charge in [0.15, 0.2) is 0 Å². The third-order valence-electron chi connectivity index (χ3n) is 3.80. The first-order chi connectivity index (χ1) is 7.35. The molecular weight excluding hydrogens is 200 g/mol. The van der Waals surface area contributed by atoms with E-state index in [1.54, 1.807) is 7.05 Å². The van der Waals surface area contributed by atoms with Crippen molar-refractivity contribution in [3.63, 3.8) is 0 Å². The minimum Gasteiger partial charge on any atom is -0.358 e. The van der Waals surface area contributed by atoms with Crippen LogP contribution in [0.15, 0.2) is 0 Å². The van der Waals surface area contributed by atoms with E-state index in [2.05, 4.69) is 31.4 Å². The second-order valence-electron chi connectivity index (χ2n) is 5.99. The summed E-state index contributed by atoms with van der Waals surface area (Å²) in [6.45, 7) is 8.89. The van der Waals surface area contributed by atoms with Gasteiger partial charge < -0.3 is 10.6 Å². The lowest BCUT2D eigenvalue weighted by atomic mass is 9.70. The van der Waals surface area contributed by atoms with Crippen molar-refractivity contribution in [1.82, 2.24) is 10.6 Å². The fraction of sp³-hybridized carbons (Fsp3) is 0.923. The highest BCUT2D eigenvalue weighted by Crippen LogP contribution is 2.38. The average molecular weight is 226 g/mol. The van der Waals surface area contributed by atoms with Crippen molar-refractivity contribution < 1.29 is 4.79 Å². The molecular formula is C13H26N2O. The molecule has 1 aliphatic rings. The first-order valence-electron chi connectivity index (χ1n) is 6.33. The molecule has 0 aliphatic heterocycles. The largest absolute Gasteiger partial charge is 0.358 e. The predicted molar refractivity (Wildman–Crippen MR) is 67.2 cm³/mol. The molecule has 0 heterocycles. The van der Waals surface area contributed by atoms with E-state index in [0.29, 0.717) is 17.4 Å². The molecule has 0 radical (unpaired) electrons. The summed E-state index contributed by atoms with van der Waals surface area (Å²) >= 11 is 0. The predicted octanol–water partition coefficient (Wildman–Crippen LogP) is 1.93. The lowest BCUT2D eigenvalue weighted by Gasteiger charge is -2.40. The van der Waals surface area contributed by atoms with E-state index in [4.69, 9.17) is 0 Å². The van der Waals surface area contributed by atoms with Gasteiger partial charge in [0.05, 0.1) is 6.04 Å². The molecule has 0 saturated heterocycles. The summed E-state index contributed by atoms with van der Waals surface area (Å²) in [5.74, 6) is 0.730. The van der Waals surface area contributed by atoms with Crippen molar-refractivity contribution >= 4 is 5.91 Å². The smallest absolute Gasteiger partial charge is 0.236 e. The molecule has 16 heavy (non-hydrogen) atoms. The maximum absolute atomic E-state index is 11.4. The van der Waals surface area contributed by atoms with Crippen molar-refractivity contribution in [1.29, 1.82) is 0 Å². The summed E-state index contributed by atoms with van der Waals surface area (Å²) in [5, 5.41) is 6.13. The summed E-state index contributed by atoms with van der Waals surface area (Å²) in [5.41, 5.74) is 0.466. The average Bonchev–Trinajstić information content (AvgIpc) is 2.20. The minimum atomic E-state index is -0.0846. The first-order valence-corrected chi connectivity index (χ1v) is 6.33. The fourth-order valence-electron chi connectivity index (χ4n) is 2.81. The summed E-state index contributed by atoms with van der Waals surface area (Å²) in [6, 6.07) is 0.402. The Bertz CT molecular complexity index is 250. The Balaban J connectivity index is 2.47. The summed E-state index contributed by atoms with van der Waals surface area (Å²) in [6.07, 6.45) is 3.66. The number of hydrogen-bond acceptors (Lipinski definition) is 2. The Labute approximate surface area is 99.4 Å². The zero-order valence-electron chi connectivity index (χ0n) is 11.3. The van der Waals surface area contributed by atoms with E-state index in [0.717, 1.165) is 0 Å². The summed E-state index contributed by atoms with van der Waals surface area (Å²) in [7, 11) is 1.69. The Hall–Kier alpha value is -0.570. The Morgan fingerprint density at radius 2 is 2.06 bits per heavy atom. The Morgan fingerprint density at radius 1 is 1.44 bits per heavy atom. The molecule has 1 rings (SSSR count). The van der Waals surface area contributed by atoms with Gasteiger partial charge in [-0.05, 0) is 37.5 Å². The molecule has 1 amide bonds. The molecule has 0 aromatic rings. The molecule has 0 aromatic heterocycles. The van der Waals surface area contributed by atoms with Gasteiger partial charge in [0, 0.05) is 13.1 Å². The van der Waals surface area contributed by atoms with Crippen LogP contribution in [0.5, 0.6) is 0 Å². The van der Waals surface area contributed by atoms with E-state index in [-0.39, 0.29) is 11.9 Å². The SMILES string of the molecule is CNC(=O)[C@@H](C)NC1CCC(C)(C)CC1C. The quantitative estimate of drug-likeness (QED) is 0.772. The van der Waals surface area contributed by atoms with Crippen LogP contribution in [0.4, 0.5) is 0 Å². The lowest BCUT2D eigenvalue weighted by molar-refractivity contribution is -0.122. The van der Waals surface area contributed by atoms with Gasteiger partial charge in [-0.25, -0.2) is 0 Å². The van der Waals surface area contributed by atoms with E-state index in [1.807, 2.05) is 6.92 Å². The molecule has 3 heteroatoms. The molecule has 3 atom stereocenters. The molecule has 94 valence electrons. The van der Waals surface area contributed by atoms with Crippen LogP contribution in [0.25, 0.3) is 0 Å². The van der Waals surface area contributed by atoms with E-state index < -0.39 is 0 Å². The number of likely N-dealkylation sites (N-methyl/N-ethyl adjacent to an activating group) is 1. The van der Waals surface area contributed by atoms with Crippen molar-refractivity contribution in [3.05, 3.63) is 0 Å². The fourth-order valence-corrected chi connectivity index (χ4v) is 2.81. The second-order valence-corrected chi connectivity index (χ2v) is 5.99. The lowest BCUT2D eigenvalue weighted by Crippen LogP contribution is -2.50. The molecule has 0 bridgehead atoms. The third-order valence-corrected chi connectivity index (χ3v) is 3.80. The van der Waals surface area contributed by atoms with Gasteiger partial charge in [0.25, 0.3) is 0 Å². The molecule has 1 aliphatic carbocycles. The highest BCUT2D eigenvalue weighted by atomic mass is 16.2. The van der Waals surface area contributed by atoms with Crippen molar-refractivity contribution in [2.24, 2.45) is 11.3 Å². The van der Waals surface area contributed by atoms with Gasteiger partial charge >= 0.3 is 0 Å².